The molecule has 3 heteroatoms. The molecule has 0 atom stereocenters. The lowest BCUT2D eigenvalue weighted by Crippen LogP contribution is -1.92. The lowest BCUT2D eigenvalue weighted by Gasteiger charge is -2.07. The van der Waals surface area contributed by atoms with Crippen molar-refractivity contribution in [3.8, 4) is 11.4 Å². The van der Waals surface area contributed by atoms with E-state index < -0.39 is 0 Å². The van der Waals surface area contributed by atoms with E-state index in [2.05, 4.69) is 43.0 Å². The van der Waals surface area contributed by atoms with Gasteiger partial charge < -0.3 is 4.52 Å². The molecule has 1 aromatic heterocycles. The predicted octanol–water partition coefficient (Wildman–Crippen LogP) is 3.79. The van der Waals surface area contributed by atoms with Gasteiger partial charge in [0.15, 0.2) is 0 Å². The Morgan fingerprint density at radius 1 is 1.06 bits per heavy atom. The fourth-order valence-electron chi connectivity index (χ4n) is 2.10. The topological polar surface area (TPSA) is 38.9 Å². The summed E-state index contributed by atoms with van der Waals surface area (Å²) in [6.07, 6.45) is 0. The van der Waals surface area contributed by atoms with Gasteiger partial charge in [-0.05, 0) is 31.9 Å². The van der Waals surface area contributed by atoms with Crippen molar-refractivity contribution in [1.29, 1.82) is 0 Å². The van der Waals surface area contributed by atoms with Crippen LogP contribution in [0.15, 0.2) is 16.7 Å². The summed E-state index contributed by atoms with van der Waals surface area (Å²) in [6.45, 7) is 10.4. The molecule has 0 amide bonds. The van der Waals surface area contributed by atoms with Crippen molar-refractivity contribution in [2.45, 2.75) is 40.5 Å². The zero-order valence-electron chi connectivity index (χ0n) is 11.0. The Morgan fingerprint density at radius 2 is 1.65 bits per heavy atom. The third kappa shape index (κ3) is 2.23. The first-order valence-corrected chi connectivity index (χ1v) is 5.91. The minimum Gasteiger partial charge on any atom is -0.339 e. The molecule has 1 heterocycles. The van der Waals surface area contributed by atoms with Crippen LogP contribution in [0.2, 0.25) is 0 Å². The van der Waals surface area contributed by atoms with Gasteiger partial charge >= 0.3 is 0 Å². The molecular weight excluding hydrogens is 212 g/mol. The molecule has 0 aliphatic carbocycles. The molecule has 0 aliphatic heterocycles. The smallest absolute Gasteiger partial charge is 0.229 e. The van der Waals surface area contributed by atoms with E-state index >= 15 is 0 Å². The van der Waals surface area contributed by atoms with Crippen molar-refractivity contribution in [1.82, 2.24) is 10.1 Å². The predicted molar refractivity (Wildman–Crippen MR) is 68.0 cm³/mol. The summed E-state index contributed by atoms with van der Waals surface area (Å²) in [6, 6.07) is 4.29. The van der Waals surface area contributed by atoms with E-state index in [0.717, 1.165) is 5.56 Å². The van der Waals surface area contributed by atoms with Crippen LogP contribution >= 0.6 is 0 Å². The molecule has 0 fully saturated rings. The van der Waals surface area contributed by atoms with Crippen LogP contribution in [0.25, 0.3) is 11.4 Å². The zero-order valence-corrected chi connectivity index (χ0v) is 11.0. The SMILES string of the molecule is Cc1cc(C)c(-c2noc(C(C)C)n2)c(C)c1. The van der Waals surface area contributed by atoms with Gasteiger partial charge in [-0.3, -0.25) is 0 Å². The van der Waals surface area contributed by atoms with E-state index in [-0.39, 0.29) is 5.92 Å². The summed E-state index contributed by atoms with van der Waals surface area (Å²) in [4.78, 5) is 4.45. The van der Waals surface area contributed by atoms with Gasteiger partial charge in [0.25, 0.3) is 0 Å². The Kier molecular flexibility index (Phi) is 3.01. The summed E-state index contributed by atoms with van der Waals surface area (Å²) in [5.41, 5.74) is 4.74. The Hall–Kier alpha value is -1.64. The molecule has 0 spiro atoms. The van der Waals surface area contributed by atoms with Gasteiger partial charge in [0.05, 0.1) is 0 Å². The highest BCUT2D eigenvalue weighted by molar-refractivity contribution is 5.64. The highest BCUT2D eigenvalue weighted by atomic mass is 16.5. The van der Waals surface area contributed by atoms with E-state index in [1.807, 2.05) is 13.8 Å². The van der Waals surface area contributed by atoms with Crippen molar-refractivity contribution in [2.75, 3.05) is 0 Å². The van der Waals surface area contributed by atoms with Crippen LogP contribution in [-0.4, -0.2) is 10.1 Å². The Bertz CT molecular complexity index is 518. The third-order valence-corrected chi connectivity index (χ3v) is 2.84. The van der Waals surface area contributed by atoms with Crippen LogP contribution in [0, 0.1) is 20.8 Å². The number of hydrogen-bond donors (Lipinski definition) is 0. The maximum atomic E-state index is 5.26. The summed E-state index contributed by atoms with van der Waals surface area (Å²) < 4.78 is 5.26. The second-order valence-electron chi connectivity index (χ2n) is 4.88. The van der Waals surface area contributed by atoms with E-state index in [1.54, 1.807) is 0 Å². The fourth-order valence-corrected chi connectivity index (χ4v) is 2.10. The Labute approximate surface area is 102 Å². The molecule has 3 nitrogen and oxygen atoms in total. The van der Waals surface area contributed by atoms with Crippen molar-refractivity contribution >= 4 is 0 Å². The van der Waals surface area contributed by atoms with E-state index in [9.17, 15) is 0 Å². The molecule has 90 valence electrons. The van der Waals surface area contributed by atoms with Crippen LogP contribution < -0.4 is 0 Å². The highest BCUT2D eigenvalue weighted by Crippen LogP contribution is 2.27. The maximum absolute atomic E-state index is 5.26. The highest BCUT2D eigenvalue weighted by Gasteiger charge is 2.15. The van der Waals surface area contributed by atoms with Gasteiger partial charge in [0.1, 0.15) is 0 Å². The normalized spacial score (nSPS) is 11.2. The van der Waals surface area contributed by atoms with Crippen LogP contribution in [0.1, 0.15) is 42.3 Å². The minimum absolute atomic E-state index is 0.266. The van der Waals surface area contributed by atoms with Crippen LogP contribution in [-0.2, 0) is 0 Å². The molecule has 0 unspecified atom stereocenters. The molecule has 0 saturated carbocycles. The van der Waals surface area contributed by atoms with Gasteiger partial charge in [-0.25, -0.2) is 0 Å². The monoisotopic (exact) mass is 230 g/mol. The molecule has 0 bridgehead atoms. The van der Waals surface area contributed by atoms with Crippen molar-refractivity contribution in [2.24, 2.45) is 0 Å². The number of aromatic nitrogens is 2. The van der Waals surface area contributed by atoms with Gasteiger partial charge in [-0.1, -0.05) is 36.7 Å². The Morgan fingerprint density at radius 3 is 2.12 bits per heavy atom. The molecule has 2 aromatic rings. The van der Waals surface area contributed by atoms with E-state index in [0.29, 0.717) is 11.7 Å². The van der Waals surface area contributed by atoms with Crippen LogP contribution in [0.4, 0.5) is 0 Å². The minimum atomic E-state index is 0.266. The second-order valence-corrected chi connectivity index (χ2v) is 4.88. The molecule has 2 rings (SSSR count). The van der Waals surface area contributed by atoms with Gasteiger partial charge in [0, 0.05) is 11.5 Å². The summed E-state index contributed by atoms with van der Waals surface area (Å²) in [5, 5.41) is 4.07. The third-order valence-electron chi connectivity index (χ3n) is 2.84. The van der Waals surface area contributed by atoms with Crippen LogP contribution in [0.3, 0.4) is 0 Å². The lowest BCUT2D eigenvalue weighted by atomic mass is 9.99. The van der Waals surface area contributed by atoms with Gasteiger partial charge in [0.2, 0.25) is 11.7 Å². The van der Waals surface area contributed by atoms with Crippen molar-refractivity contribution in [3.63, 3.8) is 0 Å². The molecule has 1 aromatic carbocycles. The zero-order chi connectivity index (χ0) is 12.6. The first-order chi connectivity index (χ1) is 7.99. The number of rotatable bonds is 2. The average molecular weight is 230 g/mol. The van der Waals surface area contributed by atoms with E-state index in [4.69, 9.17) is 4.52 Å². The molecule has 0 aliphatic rings. The molecule has 0 N–H and O–H groups in total. The first-order valence-electron chi connectivity index (χ1n) is 5.91. The molecular formula is C14H18N2O. The van der Waals surface area contributed by atoms with Crippen molar-refractivity contribution < 1.29 is 4.52 Å². The lowest BCUT2D eigenvalue weighted by molar-refractivity contribution is 0.365. The average Bonchev–Trinajstić information content (AvgIpc) is 2.65. The number of hydrogen-bond acceptors (Lipinski definition) is 3. The molecule has 0 saturated heterocycles. The quantitative estimate of drug-likeness (QED) is 0.788. The number of benzene rings is 1. The summed E-state index contributed by atoms with van der Waals surface area (Å²) >= 11 is 0. The number of aryl methyl sites for hydroxylation is 3. The number of nitrogens with zero attached hydrogens (tertiary/aromatic N) is 2. The van der Waals surface area contributed by atoms with Crippen LogP contribution in [0.5, 0.6) is 0 Å². The largest absolute Gasteiger partial charge is 0.339 e. The molecule has 17 heavy (non-hydrogen) atoms. The van der Waals surface area contributed by atoms with Gasteiger partial charge in [-0.2, -0.15) is 4.98 Å². The van der Waals surface area contributed by atoms with Crippen molar-refractivity contribution in [3.05, 3.63) is 34.7 Å². The molecule has 0 radical (unpaired) electrons. The summed E-state index contributed by atoms with van der Waals surface area (Å²) in [5.74, 6) is 1.66. The first kappa shape index (κ1) is 11.8. The van der Waals surface area contributed by atoms with E-state index in [1.165, 1.54) is 16.7 Å². The van der Waals surface area contributed by atoms with Gasteiger partial charge in [-0.15, -0.1) is 0 Å². The maximum Gasteiger partial charge on any atom is 0.229 e. The fraction of sp³-hybridized carbons (Fsp3) is 0.429. The standard InChI is InChI=1S/C14H18N2O/c1-8(2)14-15-13(16-17-14)12-10(4)6-9(3)7-11(12)5/h6-8H,1-5H3. The summed E-state index contributed by atoms with van der Waals surface area (Å²) in [7, 11) is 0. The Balaban J connectivity index is 2.52. The second kappa shape index (κ2) is 4.32.